The molecule has 2 aromatic rings. The Morgan fingerprint density at radius 3 is 1.97 bits per heavy atom. The fourth-order valence-corrected chi connectivity index (χ4v) is 4.49. The molecule has 2 rings (SSSR count). The third kappa shape index (κ3) is 13.4. The van der Waals surface area contributed by atoms with Crippen molar-refractivity contribution in [2.45, 2.75) is 130 Å². The van der Waals surface area contributed by atoms with E-state index in [1.54, 1.807) is 0 Å². The maximum atomic E-state index is 14.1. The number of alkyl halides is 1. The Morgan fingerprint density at radius 2 is 1.36 bits per heavy atom. The smallest absolute Gasteiger partial charge is 0.159 e. The van der Waals surface area contributed by atoms with E-state index in [0.717, 1.165) is 36.4 Å². The van der Waals surface area contributed by atoms with Gasteiger partial charge in [-0.25, -0.2) is 14.4 Å². The van der Waals surface area contributed by atoms with E-state index in [-0.39, 0.29) is 0 Å². The summed E-state index contributed by atoms with van der Waals surface area (Å²) in [4.78, 5) is 9.15. The SMILES string of the molecule is CCCCCCCCCCCCc1cnc(-c2ccc(OCCC(F)CCCC(C)CC)cc2)nc1. The van der Waals surface area contributed by atoms with Crippen molar-refractivity contribution < 1.29 is 9.13 Å². The Morgan fingerprint density at radius 1 is 0.750 bits per heavy atom. The van der Waals surface area contributed by atoms with Crippen molar-refractivity contribution in [3.63, 3.8) is 0 Å². The van der Waals surface area contributed by atoms with Gasteiger partial charge in [0.2, 0.25) is 0 Å². The van der Waals surface area contributed by atoms with Crippen molar-refractivity contribution in [3.8, 4) is 17.1 Å². The van der Waals surface area contributed by atoms with Crippen LogP contribution in [0.1, 0.15) is 123 Å². The quantitative estimate of drug-likeness (QED) is 0.161. The lowest BCUT2D eigenvalue weighted by Crippen LogP contribution is -2.08. The van der Waals surface area contributed by atoms with Crippen LogP contribution in [0.25, 0.3) is 11.4 Å². The summed E-state index contributed by atoms with van der Waals surface area (Å²) in [5, 5.41) is 0. The van der Waals surface area contributed by atoms with Gasteiger partial charge < -0.3 is 4.74 Å². The molecule has 3 nitrogen and oxygen atoms in total. The molecule has 4 heteroatoms. The van der Waals surface area contributed by atoms with Gasteiger partial charge in [0.15, 0.2) is 5.82 Å². The lowest BCUT2D eigenvalue weighted by Gasteiger charge is -2.12. The molecule has 0 saturated heterocycles. The zero-order chi connectivity index (χ0) is 25.8. The Kier molecular flexibility index (Phi) is 16.1. The van der Waals surface area contributed by atoms with E-state index in [4.69, 9.17) is 4.74 Å². The molecule has 36 heavy (non-hydrogen) atoms. The van der Waals surface area contributed by atoms with Crippen LogP contribution >= 0.6 is 0 Å². The molecule has 1 aromatic carbocycles. The van der Waals surface area contributed by atoms with Crippen LogP contribution in [0.4, 0.5) is 4.39 Å². The predicted octanol–water partition coefficient (Wildman–Crippen LogP) is 9.93. The first kappa shape index (κ1) is 30.3. The molecule has 1 aromatic heterocycles. The highest BCUT2D eigenvalue weighted by Crippen LogP contribution is 2.21. The fourth-order valence-electron chi connectivity index (χ4n) is 4.49. The van der Waals surface area contributed by atoms with Gasteiger partial charge in [0.05, 0.1) is 6.61 Å². The molecule has 0 radical (unpaired) electrons. The molecule has 0 spiro atoms. The first-order chi connectivity index (χ1) is 17.6. The second-order valence-corrected chi connectivity index (χ2v) is 10.6. The zero-order valence-corrected chi connectivity index (χ0v) is 23.3. The van der Waals surface area contributed by atoms with Crippen molar-refractivity contribution in [2.75, 3.05) is 6.61 Å². The largest absolute Gasteiger partial charge is 0.493 e. The van der Waals surface area contributed by atoms with Gasteiger partial charge >= 0.3 is 0 Å². The Bertz CT molecular complexity index is 778. The lowest BCUT2D eigenvalue weighted by atomic mass is 10.00. The number of aromatic nitrogens is 2. The molecule has 0 amide bonds. The number of ether oxygens (including phenoxy) is 1. The summed E-state index contributed by atoms with van der Waals surface area (Å²) < 4.78 is 19.8. The van der Waals surface area contributed by atoms with E-state index in [9.17, 15) is 4.39 Å². The van der Waals surface area contributed by atoms with Crippen LogP contribution in [-0.4, -0.2) is 22.7 Å². The van der Waals surface area contributed by atoms with Crippen molar-refractivity contribution in [3.05, 3.63) is 42.2 Å². The molecule has 0 aliphatic heterocycles. The van der Waals surface area contributed by atoms with Gasteiger partial charge in [-0.3, -0.25) is 0 Å². The number of hydrogen-bond donors (Lipinski definition) is 0. The summed E-state index contributed by atoms with van der Waals surface area (Å²) in [6, 6.07) is 7.80. The van der Waals surface area contributed by atoms with Gasteiger partial charge in [-0.1, -0.05) is 97.8 Å². The Balaban J connectivity index is 1.60. The second kappa shape index (κ2) is 19.2. The predicted molar refractivity (Wildman–Crippen MR) is 151 cm³/mol. The highest BCUT2D eigenvalue weighted by atomic mass is 19.1. The van der Waals surface area contributed by atoms with Gasteiger partial charge in [-0.05, 0) is 55.0 Å². The van der Waals surface area contributed by atoms with Crippen LogP contribution < -0.4 is 4.74 Å². The number of unbranched alkanes of at least 4 members (excludes halogenated alkanes) is 9. The van der Waals surface area contributed by atoms with E-state index < -0.39 is 6.17 Å². The first-order valence-corrected chi connectivity index (χ1v) is 14.8. The van der Waals surface area contributed by atoms with Crippen molar-refractivity contribution in [1.29, 1.82) is 0 Å². The molecule has 0 N–H and O–H groups in total. The van der Waals surface area contributed by atoms with Crippen LogP contribution in [0, 0.1) is 5.92 Å². The summed E-state index contributed by atoms with van der Waals surface area (Å²) in [7, 11) is 0. The van der Waals surface area contributed by atoms with Crippen LogP contribution in [0.5, 0.6) is 5.75 Å². The van der Waals surface area contributed by atoms with E-state index >= 15 is 0 Å². The molecule has 0 aliphatic carbocycles. The fraction of sp³-hybridized carbons (Fsp3) is 0.688. The van der Waals surface area contributed by atoms with Gasteiger partial charge in [-0.2, -0.15) is 0 Å². The average Bonchev–Trinajstić information content (AvgIpc) is 2.90. The lowest BCUT2D eigenvalue weighted by molar-refractivity contribution is 0.220. The molecule has 1 heterocycles. The normalized spacial score (nSPS) is 13.0. The monoisotopic (exact) mass is 498 g/mol. The molecule has 0 fully saturated rings. The Hall–Kier alpha value is -1.97. The summed E-state index contributed by atoms with van der Waals surface area (Å²) in [6.07, 6.45) is 22.1. The molecule has 0 bridgehead atoms. The van der Waals surface area contributed by atoms with E-state index in [0.29, 0.717) is 25.4 Å². The van der Waals surface area contributed by atoms with Crippen LogP contribution in [-0.2, 0) is 6.42 Å². The maximum absolute atomic E-state index is 14.1. The summed E-state index contributed by atoms with van der Waals surface area (Å²) >= 11 is 0. The number of hydrogen-bond acceptors (Lipinski definition) is 3. The van der Waals surface area contributed by atoms with E-state index in [1.165, 1.54) is 76.2 Å². The molecule has 202 valence electrons. The number of nitrogens with zero attached hydrogens (tertiary/aromatic N) is 2. The average molecular weight is 499 g/mol. The van der Waals surface area contributed by atoms with Gasteiger partial charge in [0.25, 0.3) is 0 Å². The van der Waals surface area contributed by atoms with Crippen molar-refractivity contribution >= 4 is 0 Å². The van der Waals surface area contributed by atoms with Gasteiger partial charge in [0.1, 0.15) is 11.9 Å². The molecule has 2 atom stereocenters. The van der Waals surface area contributed by atoms with Gasteiger partial charge in [0, 0.05) is 24.4 Å². The standard InChI is InChI=1S/C32H51FN2O/c1-4-6-7-8-9-10-11-12-13-14-17-28-25-34-32(35-26-28)29-19-21-31(22-20-29)36-24-23-30(33)18-15-16-27(3)5-2/h19-22,25-27,30H,4-18,23-24H2,1-3H3. The van der Waals surface area contributed by atoms with E-state index in [1.807, 2.05) is 36.7 Å². The van der Waals surface area contributed by atoms with Crippen LogP contribution in [0.15, 0.2) is 36.7 Å². The highest BCUT2D eigenvalue weighted by Gasteiger charge is 2.09. The van der Waals surface area contributed by atoms with Crippen molar-refractivity contribution in [2.24, 2.45) is 5.92 Å². The number of rotatable bonds is 21. The number of benzene rings is 1. The minimum atomic E-state index is -0.777. The van der Waals surface area contributed by atoms with Gasteiger partial charge in [-0.15, -0.1) is 0 Å². The number of aryl methyl sites for hydroxylation is 1. The molecule has 0 saturated carbocycles. The second-order valence-electron chi connectivity index (χ2n) is 10.6. The van der Waals surface area contributed by atoms with Crippen LogP contribution in [0.2, 0.25) is 0 Å². The summed E-state index contributed by atoms with van der Waals surface area (Å²) in [6.45, 7) is 7.11. The molecular formula is C32H51FN2O. The first-order valence-electron chi connectivity index (χ1n) is 14.8. The summed E-state index contributed by atoms with van der Waals surface area (Å²) in [5.74, 6) is 2.19. The summed E-state index contributed by atoms with van der Waals surface area (Å²) in [5.41, 5.74) is 2.18. The van der Waals surface area contributed by atoms with Crippen LogP contribution in [0.3, 0.4) is 0 Å². The minimum absolute atomic E-state index is 0.411. The highest BCUT2D eigenvalue weighted by molar-refractivity contribution is 5.55. The van der Waals surface area contributed by atoms with Crippen molar-refractivity contribution in [1.82, 2.24) is 9.97 Å². The topological polar surface area (TPSA) is 35.0 Å². The minimum Gasteiger partial charge on any atom is -0.493 e. The zero-order valence-electron chi connectivity index (χ0n) is 23.3. The molecular weight excluding hydrogens is 447 g/mol. The molecule has 2 unspecified atom stereocenters. The van der Waals surface area contributed by atoms with E-state index in [2.05, 4.69) is 30.7 Å². The third-order valence-electron chi connectivity index (χ3n) is 7.25. The Labute approximate surface area is 220 Å². The molecule has 0 aliphatic rings. The number of halogens is 1. The third-order valence-corrected chi connectivity index (χ3v) is 7.25. The maximum Gasteiger partial charge on any atom is 0.159 e.